The number of carbonyl (C=O) groups is 2. The molecule has 0 bridgehead atoms. The van der Waals surface area contributed by atoms with Gasteiger partial charge in [-0.25, -0.2) is 4.39 Å². The number of aromatic nitrogens is 1. The summed E-state index contributed by atoms with van der Waals surface area (Å²) in [5.41, 5.74) is 0.827. The summed E-state index contributed by atoms with van der Waals surface area (Å²) in [6.45, 7) is -0.107. The number of hydrogen-bond acceptors (Lipinski definition) is 3. The van der Waals surface area contributed by atoms with Crippen molar-refractivity contribution in [3.05, 3.63) is 30.1 Å². The zero-order valence-corrected chi connectivity index (χ0v) is 10.3. The number of nitrogens with zero attached hydrogens (tertiary/aromatic N) is 1. The molecule has 1 aliphatic carbocycles. The van der Waals surface area contributed by atoms with Gasteiger partial charge in [0.15, 0.2) is 10.9 Å². The number of hydrogen-bond donors (Lipinski definition) is 1. The molecule has 1 heterocycles. The number of Topliss-reactive ketones (excluding diaryl/α,β-unsaturated/α-hetero) is 1. The van der Waals surface area contributed by atoms with Crippen LogP contribution in [0.25, 0.3) is 0 Å². The maximum atomic E-state index is 13.0. The highest BCUT2D eigenvalue weighted by Crippen LogP contribution is 2.50. The van der Waals surface area contributed by atoms with E-state index in [4.69, 9.17) is 11.6 Å². The van der Waals surface area contributed by atoms with E-state index in [0.717, 1.165) is 5.56 Å². The van der Waals surface area contributed by atoms with Crippen LogP contribution in [-0.4, -0.2) is 28.3 Å². The van der Waals surface area contributed by atoms with Crippen molar-refractivity contribution in [1.82, 2.24) is 10.3 Å². The highest BCUT2D eigenvalue weighted by atomic mass is 35.5. The van der Waals surface area contributed by atoms with Crippen molar-refractivity contribution in [3.8, 4) is 0 Å². The van der Waals surface area contributed by atoms with Crippen LogP contribution < -0.4 is 5.32 Å². The Morgan fingerprint density at radius 3 is 2.67 bits per heavy atom. The Bertz CT molecular complexity index is 464. The lowest BCUT2D eigenvalue weighted by atomic mass is 10.1. The van der Waals surface area contributed by atoms with Gasteiger partial charge in [0, 0.05) is 25.2 Å². The third kappa shape index (κ3) is 3.26. The van der Waals surface area contributed by atoms with Crippen molar-refractivity contribution in [1.29, 1.82) is 0 Å². The molecular weight excluding hydrogens is 259 g/mol. The third-order valence-electron chi connectivity index (χ3n) is 2.75. The first-order chi connectivity index (χ1) is 8.49. The average Bonchev–Trinajstić information content (AvgIpc) is 2.97. The van der Waals surface area contributed by atoms with Crippen LogP contribution >= 0.6 is 11.6 Å². The number of rotatable bonds is 5. The number of alkyl halides is 2. The molecule has 18 heavy (non-hydrogen) atoms. The lowest BCUT2D eigenvalue weighted by Gasteiger charge is -2.04. The van der Waals surface area contributed by atoms with Crippen LogP contribution in [0.1, 0.15) is 12.0 Å². The van der Waals surface area contributed by atoms with Gasteiger partial charge >= 0.3 is 0 Å². The van der Waals surface area contributed by atoms with Crippen molar-refractivity contribution in [3.63, 3.8) is 0 Å². The molecule has 0 saturated heterocycles. The summed E-state index contributed by atoms with van der Waals surface area (Å²) >= 11 is 5.33. The Morgan fingerprint density at radius 2 is 2.11 bits per heavy atom. The highest BCUT2D eigenvalue weighted by molar-refractivity contribution is 6.27. The van der Waals surface area contributed by atoms with Gasteiger partial charge in [-0.2, -0.15) is 0 Å². The Kier molecular flexibility index (Phi) is 3.61. The number of amides is 1. The minimum absolute atomic E-state index is 0.0128. The van der Waals surface area contributed by atoms with Crippen LogP contribution in [0.2, 0.25) is 0 Å². The molecule has 0 aromatic carbocycles. The predicted octanol–water partition coefficient (Wildman–Crippen LogP) is 1.23. The second-order valence-corrected chi connectivity index (χ2v) is 4.93. The van der Waals surface area contributed by atoms with Gasteiger partial charge < -0.3 is 5.32 Å². The molecule has 4 nitrogen and oxygen atoms in total. The van der Waals surface area contributed by atoms with E-state index in [9.17, 15) is 14.0 Å². The molecule has 1 amide bonds. The minimum Gasteiger partial charge on any atom is -0.349 e. The molecule has 1 aliphatic rings. The van der Waals surface area contributed by atoms with E-state index < -0.39 is 17.0 Å². The van der Waals surface area contributed by atoms with Gasteiger partial charge in [0.2, 0.25) is 5.91 Å². The highest BCUT2D eigenvalue weighted by Gasteiger charge is 2.58. The summed E-state index contributed by atoms with van der Waals surface area (Å²) in [5, 5.41) is 0.473. The van der Waals surface area contributed by atoms with Gasteiger partial charge in [-0.05, 0) is 17.7 Å². The lowest BCUT2D eigenvalue weighted by molar-refractivity contribution is -0.126. The van der Waals surface area contributed by atoms with Crippen molar-refractivity contribution in [2.24, 2.45) is 5.92 Å². The number of halogens is 2. The molecule has 1 aromatic heterocycles. The summed E-state index contributed by atoms with van der Waals surface area (Å²) in [5.74, 6) is -1.47. The molecule has 2 rings (SSSR count). The Morgan fingerprint density at radius 1 is 1.50 bits per heavy atom. The second kappa shape index (κ2) is 5.02. The van der Waals surface area contributed by atoms with E-state index in [1.807, 2.05) is 0 Å². The lowest BCUT2D eigenvalue weighted by Crippen LogP contribution is -2.32. The maximum absolute atomic E-state index is 13.0. The monoisotopic (exact) mass is 270 g/mol. The fraction of sp³-hybridized carbons (Fsp3) is 0.417. The Balaban J connectivity index is 1.74. The van der Waals surface area contributed by atoms with Crippen LogP contribution in [0.3, 0.4) is 0 Å². The normalized spacial score (nSPS) is 25.6. The largest absolute Gasteiger partial charge is 0.349 e. The smallest absolute Gasteiger partial charge is 0.228 e. The molecule has 0 radical (unpaired) electrons. The molecule has 1 fully saturated rings. The van der Waals surface area contributed by atoms with Gasteiger partial charge in [0.25, 0.3) is 0 Å². The van der Waals surface area contributed by atoms with Crippen LogP contribution in [0.5, 0.6) is 0 Å². The molecule has 0 spiro atoms. The summed E-state index contributed by atoms with van der Waals surface area (Å²) < 4.78 is 13.0. The van der Waals surface area contributed by atoms with Crippen molar-refractivity contribution in [2.45, 2.75) is 18.0 Å². The Hall–Kier alpha value is -1.49. The van der Waals surface area contributed by atoms with Gasteiger partial charge in [0.1, 0.15) is 0 Å². The number of nitrogens with one attached hydrogen (secondary N) is 1. The zero-order chi connectivity index (χ0) is 13.2. The molecular formula is C12H12ClFN2O2. The molecule has 96 valence electrons. The summed E-state index contributed by atoms with van der Waals surface area (Å²) in [7, 11) is 0. The maximum Gasteiger partial charge on any atom is 0.228 e. The van der Waals surface area contributed by atoms with Gasteiger partial charge in [-0.3, -0.25) is 14.6 Å². The summed E-state index contributed by atoms with van der Waals surface area (Å²) in [6.07, 6.45) is 3.42. The summed E-state index contributed by atoms with van der Waals surface area (Å²) in [6, 6.07) is 3.46. The fourth-order valence-corrected chi connectivity index (χ4v) is 1.85. The molecule has 2 atom stereocenters. The quantitative estimate of drug-likeness (QED) is 0.819. The van der Waals surface area contributed by atoms with Crippen molar-refractivity contribution in [2.75, 3.05) is 6.54 Å². The predicted molar refractivity (Wildman–Crippen MR) is 63.8 cm³/mol. The molecule has 2 unspecified atom stereocenters. The van der Waals surface area contributed by atoms with Crippen LogP contribution in [-0.2, 0) is 16.0 Å². The van der Waals surface area contributed by atoms with Gasteiger partial charge in [-0.1, -0.05) is 11.6 Å². The molecule has 6 heteroatoms. The van der Waals surface area contributed by atoms with E-state index in [2.05, 4.69) is 10.3 Å². The SMILES string of the molecule is O=C(CNC(=O)C1CC1(F)Cl)Cc1ccncc1. The fourth-order valence-electron chi connectivity index (χ4n) is 1.60. The molecule has 1 aromatic rings. The van der Waals surface area contributed by atoms with E-state index in [1.165, 1.54) is 0 Å². The average molecular weight is 271 g/mol. The van der Waals surface area contributed by atoms with Gasteiger partial charge in [-0.15, -0.1) is 0 Å². The van der Waals surface area contributed by atoms with Crippen molar-refractivity contribution < 1.29 is 14.0 Å². The summed E-state index contributed by atoms with van der Waals surface area (Å²) in [4.78, 5) is 26.8. The standard InChI is InChI=1S/C12H12ClFN2O2/c13-12(14)6-10(12)11(18)16-7-9(17)5-8-1-3-15-4-2-8/h1-4,10H,5-7H2,(H,16,18). The zero-order valence-electron chi connectivity index (χ0n) is 9.53. The first kappa shape index (κ1) is 13.0. The van der Waals surface area contributed by atoms with Crippen LogP contribution in [0, 0.1) is 5.92 Å². The van der Waals surface area contributed by atoms with Crippen LogP contribution in [0.4, 0.5) is 4.39 Å². The first-order valence-corrected chi connectivity index (χ1v) is 5.93. The number of carbonyl (C=O) groups excluding carboxylic acids is 2. The second-order valence-electron chi connectivity index (χ2n) is 4.31. The first-order valence-electron chi connectivity index (χ1n) is 5.55. The molecule has 1 N–H and O–H groups in total. The topological polar surface area (TPSA) is 59.1 Å². The van der Waals surface area contributed by atoms with E-state index in [1.54, 1.807) is 24.5 Å². The third-order valence-corrected chi connectivity index (χ3v) is 3.17. The molecule has 0 aliphatic heterocycles. The van der Waals surface area contributed by atoms with Gasteiger partial charge in [0.05, 0.1) is 12.5 Å². The van der Waals surface area contributed by atoms with Crippen molar-refractivity contribution >= 4 is 23.3 Å². The van der Waals surface area contributed by atoms with Crippen LogP contribution in [0.15, 0.2) is 24.5 Å². The van der Waals surface area contributed by atoms with E-state index in [-0.39, 0.29) is 25.2 Å². The Labute approximate surface area is 109 Å². The van der Waals surface area contributed by atoms with E-state index in [0.29, 0.717) is 0 Å². The van der Waals surface area contributed by atoms with E-state index >= 15 is 0 Å². The minimum atomic E-state index is -1.92. The number of ketones is 1. The number of pyridine rings is 1. The molecule has 1 saturated carbocycles.